The average molecular weight is 241 g/mol. The third-order valence-corrected chi connectivity index (χ3v) is 2.76. The number of β-amino-alcohol motifs (C(OH)–C–C–N with tert-alkyl or cyclic N) is 2. The van der Waals surface area contributed by atoms with Gasteiger partial charge in [-0.1, -0.05) is 0 Å². The summed E-state index contributed by atoms with van der Waals surface area (Å²) in [7, 11) is 0. The maximum Gasteiger partial charge on any atom is 0.268 e. The van der Waals surface area contributed by atoms with Crippen LogP contribution in [0.5, 0.6) is 0 Å². The van der Waals surface area contributed by atoms with Crippen LogP contribution in [-0.4, -0.2) is 46.3 Å². The fourth-order valence-electron chi connectivity index (χ4n) is 1.86. The molecule has 7 nitrogen and oxygen atoms in total. The van der Waals surface area contributed by atoms with Crippen LogP contribution in [0.1, 0.15) is 16.1 Å². The fourth-order valence-corrected chi connectivity index (χ4v) is 1.86. The number of hydrogen-bond acceptors (Lipinski definition) is 6. The molecule has 2 heterocycles. The lowest BCUT2D eigenvalue weighted by atomic mass is 10.3. The van der Waals surface area contributed by atoms with E-state index in [0.29, 0.717) is 31.0 Å². The first-order valence-electron chi connectivity index (χ1n) is 5.27. The summed E-state index contributed by atoms with van der Waals surface area (Å²) in [4.78, 5) is 13.0. The first-order valence-corrected chi connectivity index (χ1v) is 5.27. The van der Waals surface area contributed by atoms with Gasteiger partial charge >= 0.3 is 0 Å². The number of aliphatic hydroxyl groups is 2. The number of nitrogen functional groups attached to an aromatic ring is 1. The minimum Gasteiger partial charge on any atom is -0.467 e. The lowest BCUT2D eigenvalue weighted by Crippen LogP contribution is -2.29. The summed E-state index contributed by atoms with van der Waals surface area (Å²) in [5.41, 5.74) is 2.36. The van der Waals surface area contributed by atoms with E-state index in [2.05, 4.69) is 0 Å². The molecule has 1 aliphatic rings. The molecule has 1 amide bonds. The van der Waals surface area contributed by atoms with Gasteiger partial charge in [0.05, 0.1) is 24.3 Å². The molecule has 2 rings (SSSR count). The summed E-state index contributed by atoms with van der Waals surface area (Å²) in [5.74, 6) is 5.17. The molecule has 7 heteroatoms. The van der Waals surface area contributed by atoms with Crippen LogP contribution in [0.15, 0.2) is 16.7 Å². The van der Waals surface area contributed by atoms with Gasteiger partial charge in [-0.15, -0.1) is 0 Å². The van der Waals surface area contributed by atoms with Gasteiger partial charge in [-0.05, 0) is 6.07 Å². The topological polar surface area (TPSA) is 112 Å². The molecule has 0 spiro atoms. The number of aliphatic hydroxyl groups excluding tert-OH is 2. The van der Waals surface area contributed by atoms with E-state index in [1.165, 1.54) is 6.26 Å². The highest BCUT2D eigenvalue weighted by molar-refractivity contribution is 5.93. The van der Waals surface area contributed by atoms with Gasteiger partial charge in [0.1, 0.15) is 12.0 Å². The van der Waals surface area contributed by atoms with E-state index < -0.39 is 18.1 Å². The van der Waals surface area contributed by atoms with E-state index in [0.717, 1.165) is 0 Å². The van der Waals surface area contributed by atoms with Gasteiger partial charge in [-0.3, -0.25) is 15.1 Å². The zero-order chi connectivity index (χ0) is 12.4. The number of furan rings is 1. The lowest BCUT2D eigenvalue weighted by Gasteiger charge is -2.11. The van der Waals surface area contributed by atoms with E-state index in [1.54, 1.807) is 6.07 Å². The van der Waals surface area contributed by atoms with Gasteiger partial charge in [-0.2, -0.15) is 0 Å². The summed E-state index contributed by atoms with van der Waals surface area (Å²) < 4.78 is 5.20. The van der Waals surface area contributed by atoms with Crippen molar-refractivity contribution in [1.29, 1.82) is 0 Å². The number of carbonyl (C=O) groups excluding carboxylic acids is 1. The Morgan fingerprint density at radius 1 is 1.53 bits per heavy atom. The Bertz CT molecular complexity index is 396. The number of nitrogens with one attached hydrogen (secondary N) is 1. The second-order valence-corrected chi connectivity index (χ2v) is 4.10. The lowest BCUT2D eigenvalue weighted by molar-refractivity contribution is 0.0572. The number of amides is 1. The van der Waals surface area contributed by atoms with E-state index in [1.807, 2.05) is 10.3 Å². The predicted octanol–water partition coefficient (Wildman–Crippen LogP) is -1.58. The predicted molar refractivity (Wildman–Crippen MR) is 57.7 cm³/mol. The Labute approximate surface area is 97.8 Å². The number of likely N-dealkylation sites (tertiary alicyclic amines) is 1. The van der Waals surface area contributed by atoms with Crippen LogP contribution < -0.4 is 11.3 Å². The molecule has 0 aromatic carbocycles. The summed E-state index contributed by atoms with van der Waals surface area (Å²) in [6.07, 6.45) is -0.131. The van der Waals surface area contributed by atoms with Gasteiger partial charge in [0.25, 0.3) is 5.91 Å². The van der Waals surface area contributed by atoms with Crippen LogP contribution in [0.2, 0.25) is 0 Å². The maximum atomic E-state index is 11.2. The molecule has 5 N–H and O–H groups in total. The molecule has 2 unspecified atom stereocenters. The molecule has 1 aromatic heterocycles. The fraction of sp³-hybridized carbons (Fsp3) is 0.500. The van der Waals surface area contributed by atoms with Crippen molar-refractivity contribution >= 4 is 5.91 Å². The first-order chi connectivity index (χ1) is 8.10. The van der Waals surface area contributed by atoms with Crippen molar-refractivity contribution in [3.8, 4) is 0 Å². The molecule has 1 aromatic rings. The largest absolute Gasteiger partial charge is 0.467 e. The maximum absolute atomic E-state index is 11.2. The Balaban J connectivity index is 1.96. The van der Waals surface area contributed by atoms with Crippen LogP contribution in [0.3, 0.4) is 0 Å². The van der Waals surface area contributed by atoms with Crippen molar-refractivity contribution in [1.82, 2.24) is 10.3 Å². The number of rotatable bonds is 3. The smallest absolute Gasteiger partial charge is 0.268 e. The molecule has 1 saturated heterocycles. The SMILES string of the molecule is NNC(=O)c1coc(CN2CC(O)C(O)C2)c1. The number of hydrazine groups is 1. The van der Waals surface area contributed by atoms with Gasteiger partial charge in [-0.25, -0.2) is 5.84 Å². The number of carbonyl (C=O) groups is 1. The molecule has 1 fully saturated rings. The van der Waals surface area contributed by atoms with Gasteiger partial charge in [0.2, 0.25) is 0 Å². The normalized spacial score (nSPS) is 25.1. The van der Waals surface area contributed by atoms with Crippen molar-refractivity contribution in [3.05, 3.63) is 23.7 Å². The monoisotopic (exact) mass is 241 g/mol. The van der Waals surface area contributed by atoms with Gasteiger partial charge < -0.3 is 14.6 Å². The van der Waals surface area contributed by atoms with Crippen molar-refractivity contribution in [2.75, 3.05) is 13.1 Å². The molecule has 0 saturated carbocycles. The van der Waals surface area contributed by atoms with Crippen LogP contribution in [0, 0.1) is 0 Å². The molecule has 1 aliphatic heterocycles. The molecule has 0 aliphatic carbocycles. The highest BCUT2D eigenvalue weighted by Gasteiger charge is 2.29. The standard InChI is InChI=1S/C10H15N3O4/c11-12-10(16)6-1-7(17-5-6)2-13-3-8(14)9(15)4-13/h1,5,8-9,14-15H,2-4,11H2,(H,12,16). The highest BCUT2D eigenvalue weighted by atomic mass is 16.3. The molecule has 0 bridgehead atoms. The van der Waals surface area contributed by atoms with Gasteiger partial charge in [0.15, 0.2) is 0 Å². The molecule has 17 heavy (non-hydrogen) atoms. The van der Waals surface area contributed by atoms with Crippen LogP contribution in [0.25, 0.3) is 0 Å². The molecule has 94 valence electrons. The summed E-state index contributed by atoms with van der Waals surface area (Å²) in [6.45, 7) is 1.21. The Morgan fingerprint density at radius 3 is 2.76 bits per heavy atom. The van der Waals surface area contributed by atoms with Crippen molar-refractivity contribution in [2.24, 2.45) is 5.84 Å². The van der Waals surface area contributed by atoms with Crippen LogP contribution in [-0.2, 0) is 6.54 Å². The summed E-state index contributed by atoms with van der Waals surface area (Å²) in [5, 5.41) is 18.7. The molecule has 2 atom stereocenters. The Hall–Kier alpha value is -1.41. The third kappa shape index (κ3) is 2.64. The zero-order valence-corrected chi connectivity index (χ0v) is 9.17. The van der Waals surface area contributed by atoms with Gasteiger partial charge in [0, 0.05) is 13.1 Å². The highest BCUT2D eigenvalue weighted by Crippen LogP contribution is 2.16. The van der Waals surface area contributed by atoms with E-state index in [-0.39, 0.29) is 0 Å². The van der Waals surface area contributed by atoms with Crippen LogP contribution in [0.4, 0.5) is 0 Å². The molecule has 0 radical (unpaired) electrons. The van der Waals surface area contributed by atoms with E-state index in [9.17, 15) is 15.0 Å². The van der Waals surface area contributed by atoms with Crippen molar-refractivity contribution in [2.45, 2.75) is 18.8 Å². The third-order valence-electron chi connectivity index (χ3n) is 2.76. The average Bonchev–Trinajstić information content (AvgIpc) is 2.87. The van der Waals surface area contributed by atoms with E-state index in [4.69, 9.17) is 10.3 Å². The molecular weight excluding hydrogens is 226 g/mol. The summed E-state index contributed by atoms with van der Waals surface area (Å²) in [6, 6.07) is 1.58. The number of nitrogens with two attached hydrogens (primary N) is 1. The number of nitrogens with zero attached hydrogens (tertiary/aromatic N) is 1. The van der Waals surface area contributed by atoms with Crippen molar-refractivity contribution < 1.29 is 19.4 Å². The first kappa shape index (κ1) is 12.1. The van der Waals surface area contributed by atoms with Crippen LogP contribution >= 0.6 is 0 Å². The Kier molecular flexibility index (Phi) is 3.43. The molecular formula is C10H15N3O4. The minimum atomic E-state index is -0.725. The second kappa shape index (κ2) is 4.84. The Morgan fingerprint density at radius 2 is 2.18 bits per heavy atom. The quantitative estimate of drug-likeness (QED) is 0.289. The second-order valence-electron chi connectivity index (χ2n) is 4.10. The minimum absolute atomic E-state index is 0.350. The van der Waals surface area contributed by atoms with E-state index >= 15 is 0 Å². The van der Waals surface area contributed by atoms with Crippen molar-refractivity contribution in [3.63, 3.8) is 0 Å². The summed E-state index contributed by atoms with van der Waals surface area (Å²) >= 11 is 0. The zero-order valence-electron chi connectivity index (χ0n) is 9.17. The number of hydrogen-bond donors (Lipinski definition) is 4.